The van der Waals surface area contributed by atoms with E-state index in [2.05, 4.69) is 15.5 Å². The van der Waals surface area contributed by atoms with E-state index in [0.717, 1.165) is 16.5 Å². The summed E-state index contributed by atoms with van der Waals surface area (Å²) < 4.78 is 27.5. The molecule has 4 aromatic rings. The van der Waals surface area contributed by atoms with Crippen LogP contribution in [-0.2, 0) is 16.4 Å². The predicted molar refractivity (Wildman–Crippen MR) is 117 cm³/mol. The Balaban J connectivity index is 1.53. The second-order valence-electron chi connectivity index (χ2n) is 7.14. The highest BCUT2D eigenvalue weighted by Crippen LogP contribution is 2.23. The Labute approximate surface area is 178 Å². The van der Waals surface area contributed by atoms with E-state index in [1.54, 1.807) is 36.5 Å². The monoisotopic (exact) mass is 436 g/mol. The first kappa shape index (κ1) is 20.5. The standard InChI is InChI=1S/C22H20N4O4S/c1-15-2-6-18(7-3-15)31(29,30)26-13-11-17-5-4-16(14-20(17)26)10-12-23-22(28)19-8-9-21(27)25-24-19/h2-9,11,13-14H,10,12H2,1H3,(H,23,28)(H,25,27). The van der Waals surface area contributed by atoms with Crippen molar-refractivity contribution in [1.29, 1.82) is 0 Å². The van der Waals surface area contributed by atoms with Crippen LogP contribution >= 0.6 is 0 Å². The molecule has 158 valence electrons. The van der Waals surface area contributed by atoms with Gasteiger partial charge < -0.3 is 5.32 Å². The Bertz CT molecular complexity index is 1400. The molecule has 2 aromatic heterocycles. The zero-order chi connectivity index (χ0) is 22.0. The van der Waals surface area contributed by atoms with Crippen LogP contribution in [0.5, 0.6) is 0 Å². The van der Waals surface area contributed by atoms with E-state index in [0.29, 0.717) is 18.5 Å². The van der Waals surface area contributed by atoms with Gasteiger partial charge in [-0.15, -0.1) is 0 Å². The van der Waals surface area contributed by atoms with Crippen molar-refractivity contribution in [2.24, 2.45) is 0 Å². The molecule has 9 heteroatoms. The fraction of sp³-hybridized carbons (Fsp3) is 0.136. The molecule has 1 amide bonds. The number of nitrogens with one attached hydrogen (secondary N) is 2. The van der Waals surface area contributed by atoms with Gasteiger partial charge in [0.1, 0.15) is 5.69 Å². The zero-order valence-electron chi connectivity index (χ0n) is 16.7. The first-order valence-electron chi connectivity index (χ1n) is 9.61. The molecule has 0 spiro atoms. The molecule has 0 bridgehead atoms. The highest BCUT2D eigenvalue weighted by atomic mass is 32.2. The lowest BCUT2D eigenvalue weighted by molar-refractivity contribution is 0.0948. The zero-order valence-corrected chi connectivity index (χ0v) is 17.5. The summed E-state index contributed by atoms with van der Waals surface area (Å²) in [5.41, 5.74) is 2.17. The highest BCUT2D eigenvalue weighted by Gasteiger charge is 2.19. The molecular formula is C22H20N4O4S. The first-order valence-corrected chi connectivity index (χ1v) is 11.0. The van der Waals surface area contributed by atoms with Gasteiger partial charge in [-0.2, -0.15) is 5.10 Å². The topological polar surface area (TPSA) is 114 Å². The number of carbonyl (C=O) groups is 1. The van der Waals surface area contributed by atoms with Gasteiger partial charge in [-0.05, 0) is 49.2 Å². The van der Waals surface area contributed by atoms with Crippen LogP contribution in [0.1, 0.15) is 21.6 Å². The minimum Gasteiger partial charge on any atom is -0.350 e. The maximum absolute atomic E-state index is 13.1. The summed E-state index contributed by atoms with van der Waals surface area (Å²) in [6, 6.07) is 16.6. The predicted octanol–water partition coefficient (Wildman–Crippen LogP) is 2.24. The van der Waals surface area contributed by atoms with Gasteiger partial charge in [0, 0.05) is 24.2 Å². The summed E-state index contributed by atoms with van der Waals surface area (Å²) in [6.45, 7) is 2.23. The van der Waals surface area contributed by atoms with Crippen molar-refractivity contribution in [2.45, 2.75) is 18.2 Å². The van der Waals surface area contributed by atoms with Crippen LogP contribution in [0.4, 0.5) is 0 Å². The molecule has 8 nitrogen and oxygen atoms in total. The quantitative estimate of drug-likeness (QED) is 0.481. The fourth-order valence-corrected chi connectivity index (χ4v) is 4.57. The molecule has 4 rings (SSSR count). The van der Waals surface area contributed by atoms with Crippen molar-refractivity contribution in [3.63, 3.8) is 0 Å². The molecule has 0 radical (unpaired) electrons. The third kappa shape index (κ3) is 4.26. The van der Waals surface area contributed by atoms with E-state index in [9.17, 15) is 18.0 Å². The number of aryl methyl sites for hydroxylation is 1. The van der Waals surface area contributed by atoms with Crippen molar-refractivity contribution in [2.75, 3.05) is 6.54 Å². The molecule has 2 heterocycles. The Kier molecular flexibility index (Phi) is 5.43. The number of rotatable bonds is 6. The van der Waals surface area contributed by atoms with E-state index >= 15 is 0 Å². The minimum atomic E-state index is -3.72. The summed E-state index contributed by atoms with van der Waals surface area (Å²) in [5, 5.41) is 9.45. The van der Waals surface area contributed by atoms with Crippen LogP contribution in [0.25, 0.3) is 10.9 Å². The van der Waals surface area contributed by atoms with Gasteiger partial charge in [0.2, 0.25) is 0 Å². The number of benzene rings is 2. The van der Waals surface area contributed by atoms with Gasteiger partial charge in [-0.1, -0.05) is 29.8 Å². The van der Waals surface area contributed by atoms with Gasteiger partial charge in [0.15, 0.2) is 0 Å². The van der Waals surface area contributed by atoms with Crippen molar-refractivity contribution in [3.05, 3.63) is 94.0 Å². The molecule has 0 aliphatic rings. The van der Waals surface area contributed by atoms with Gasteiger partial charge in [-0.3, -0.25) is 9.59 Å². The first-order chi connectivity index (χ1) is 14.8. The summed E-state index contributed by atoms with van der Waals surface area (Å²) in [5.74, 6) is -0.400. The number of H-pyrrole nitrogens is 1. The molecule has 0 saturated heterocycles. The molecule has 0 aliphatic carbocycles. The van der Waals surface area contributed by atoms with Crippen LogP contribution < -0.4 is 10.9 Å². The normalized spacial score (nSPS) is 11.5. The molecule has 0 aliphatic heterocycles. The van der Waals surface area contributed by atoms with E-state index < -0.39 is 15.9 Å². The Morgan fingerprint density at radius 1 is 1.06 bits per heavy atom. The maximum Gasteiger partial charge on any atom is 0.271 e. The molecule has 0 saturated carbocycles. The van der Waals surface area contributed by atoms with Crippen molar-refractivity contribution in [1.82, 2.24) is 19.5 Å². The van der Waals surface area contributed by atoms with Crippen LogP contribution in [0, 0.1) is 6.92 Å². The fourth-order valence-electron chi connectivity index (χ4n) is 3.22. The highest BCUT2D eigenvalue weighted by molar-refractivity contribution is 7.90. The average molecular weight is 436 g/mol. The Morgan fingerprint density at radius 3 is 2.55 bits per heavy atom. The second kappa shape index (κ2) is 8.19. The molecule has 0 fully saturated rings. The van der Waals surface area contributed by atoms with Gasteiger partial charge in [-0.25, -0.2) is 17.5 Å². The van der Waals surface area contributed by atoms with E-state index in [4.69, 9.17) is 0 Å². The molecule has 31 heavy (non-hydrogen) atoms. The summed E-state index contributed by atoms with van der Waals surface area (Å²) >= 11 is 0. The summed E-state index contributed by atoms with van der Waals surface area (Å²) in [7, 11) is -3.72. The molecule has 2 aromatic carbocycles. The van der Waals surface area contributed by atoms with Crippen LogP contribution in [0.2, 0.25) is 0 Å². The maximum atomic E-state index is 13.1. The van der Waals surface area contributed by atoms with E-state index in [-0.39, 0.29) is 16.1 Å². The lowest BCUT2D eigenvalue weighted by Gasteiger charge is -2.09. The third-order valence-electron chi connectivity index (χ3n) is 4.91. The van der Waals surface area contributed by atoms with Crippen LogP contribution in [0.3, 0.4) is 0 Å². The van der Waals surface area contributed by atoms with Crippen molar-refractivity contribution < 1.29 is 13.2 Å². The van der Waals surface area contributed by atoms with E-state index in [1.165, 1.54) is 16.1 Å². The Hall–Kier alpha value is -3.72. The van der Waals surface area contributed by atoms with Gasteiger partial charge in [0.25, 0.3) is 21.5 Å². The van der Waals surface area contributed by atoms with Crippen molar-refractivity contribution >= 4 is 26.8 Å². The number of nitrogens with zero attached hydrogens (tertiary/aromatic N) is 2. The number of hydrogen-bond donors (Lipinski definition) is 2. The molecule has 0 atom stereocenters. The largest absolute Gasteiger partial charge is 0.350 e. The van der Waals surface area contributed by atoms with Gasteiger partial charge in [0.05, 0.1) is 10.4 Å². The third-order valence-corrected chi connectivity index (χ3v) is 6.61. The SMILES string of the molecule is Cc1ccc(S(=O)(=O)n2ccc3ccc(CCNC(=O)c4ccc(=O)[nH]n4)cc32)cc1. The molecule has 0 unspecified atom stereocenters. The van der Waals surface area contributed by atoms with Crippen LogP contribution in [0.15, 0.2) is 76.6 Å². The molecular weight excluding hydrogens is 416 g/mol. The minimum absolute atomic E-state index is 0.119. The number of carbonyl (C=O) groups excluding carboxylic acids is 1. The second-order valence-corrected chi connectivity index (χ2v) is 8.95. The van der Waals surface area contributed by atoms with Crippen LogP contribution in [-0.4, -0.2) is 35.0 Å². The number of amides is 1. The number of hydrogen-bond acceptors (Lipinski definition) is 5. The summed E-state index contributed by atoms with van der Waals surface area (Å²) in [6.07, 6.45) is 2.05. The van der Waals surface area contributed by atoms with Gasteiger partial charge >= 0.3 is 0 Å². The number of aromatic nitrogens is 3. The average Bonchev–Trinajstić information content (AvgIpc) is 3.18. The lowest BCUT2D eigenvalue weighted by atomic mass is 10.1. The van der Waals surface area contributed by atoms with E-state index in [1.807, 2.05) is 25.1 Å². The number of aromatic amines is 1. The van der Waals surface area contributed by atoms with Crippen molar-refractivity contribution in [3.8, 4) is 0 Å². The molecule has 2 N–H and O–H groups in total. The summed E-state index contributed by atoms with van der Waals surface area (Å²) in [4.78, 5) is 23.4. The Morgan fingerprint density at radius 2 is 1.84 bits per heavy atom. The lowest BCUT2D eigenvalue weighted by Crippen LogP contribution is -2.27. The smallest absolute Gasteiger partial charge is 0.271 e. The number of fused-ring (bicyclic) bond motifs is 1.